The van der Waals surface area contributed by atoms with E-state index < -0.39 is 33.2 Å². The molecule has 7 nitrogen and oxygen atoms in total. The van der Waals surface area contributed by atoms with Crippen LogP contribution in [0.3, 0.4) is 0 Å². The van der Waals surface area contributed by atoms with Crippen LogP contribution >= 0.6 is 0 Å². The Bertz CT molecular complexity index is 474. The van der Waals surface area contributed by atoms with E-state index in [0.29, 0.717) is 12.8 Å². The number of hydrogen-bond acceptors (Lipinski definition) is 4. The third-order valence-corrected chi connectivity index (χ3v) is 4.97. The average molecular weight is 337 g/mol. The number of amides is 1. The molecule has 0 saturated carbocycles. The van der Waals surface area contributed by atoms with Gasteiger partial charge in [-0.25, -0.2) is 0 Å². The molecule has 0 aromatic rings. The highest BCUT2D eigenvalue weighted by atomic mass is 32.2. The Morgan fingerprint density at radius 3 is 2.09 bits per heavy atom. The van der Waals surface area contributed by atoms with Crippen LogP contribution in [0.2, 0.25) is 0 Å². The zero-order chi connectivity index (χ0) is 17.4. The first-order valence-electron chi connectivity index (χ1n) is 7.56. The number of nitrogens with one attached hydrogen (secondary N) is 1. The first-order chi connectivity index (χ1) is 10.1. The molecule has 0 aromatic carbocycles. The monoisotopic (exact) mass is 337 g/mol. The molecule has 1 atom stereocenters. The number of carboxylic acid groups (broad SMARTS) is 1. The Morgan fingerprint density at radius 1 is 1.14 bits per heavy atom. The fourth-order valence-corrected chi connectivity index (χ4v) is 3.18. The molecule has 0 aliphatic carbocycles. The lowest BCUT2D eigenvalue weighted by Crippen LogP contribution is -2.50. The zero-order valence-electron chi connectivity index (χ0n) is 13.5. The number of aliphatic carboxylic acids is 1. The van der Waals surface area contributed by atoms with Crippen molar-refractivity contribution in [3.8, 4) is 0 Å². The number of carboxylic acids is 1. The Morgan fingerprint density at radius 2 is 1.68 bits per heavy atom. The standard InChI is InChI=1S/C14H27NO6S/c1-4-5-6-7-8-9-14(13(17)18,22(19,20)21)10-12(16)15-11(2)3/h11H,4-10H2,1-3H3,(H,15,16)(H,17,18)(H,19,20,21). The van der Waals surface area contributed by atoms with Gasteiger partial charge in [-0.05, 0) is 20.3 Å². The SMILES string of the molecule is CCCCCCCC(CC(=O)NC(C)C)(C(=O)O)S(=O)(=O)O. The van der Waals surface area contributed by atoms with Crippen molar-refractivity contribution in [2.75, 3.05) is 0 Å². The molecule has 3 N–H and O–H groups in total. The summed E-state index contributed by atoms with van der Waals surface area (Å²) in [5.41, 5.74) is 0. The predicted molar refractivity (Wildman–Crippen MR) is 83.2 cm³/mol. The highest BCUT2D eigenvalue weighted by Gasteiger charge is 2.51. The van der Waals surface area contributed by atoms with E-state index in [1.807, 2.05) is 6.92 Å². The van der Waals surface area contributed by atoms with Crippen LogP contribution in [-0.2, 0) is 19.7 Å². The van der Waals surface area contributed by atoms with Gasteiger partial charge in [0.15, 0.2) is 0 Å². The van der Waals surface area contributed by atoms with Crippen LogP contribution in [0.25, 0.3) is 0 Å². The fraction of sp³-hybridized carbons (Fsp3) is 0.857. The Hall–Kier alpha value is -1.15. The maximum Gasteiger partial charge on any atom is 0.328 e. The molecule has 0 rings (SSSR count). The van der Waals surface area contributed by atoms with Gasteiger partial charge in [-0.1, -0.05) is 39.0 Å². The van der Waals surface area contributed by atoms with Crippen LogP contribution in [-0.4, -0.2) is 40.7 Å². The summed E-state index contributed by atoms with van der Waals surface area (Å²) in [6, 6.07) is -0.245. The van der Waals surface area contributed by atoms with Crippen LogP contribution < -0.4 is 5.32 Å². The van der Waals surface area contributed by atoms with Gasteiger partial charge in [0.1, 0.15) is 0 Å². The van der Waals surface area contributed by atoms with Crippen LogP contribution in [0, 0.1) is 0 Å². The van der Waals surface area contributed by atoms with Gasteiger partial charge < -0.3 is 10.4 Å². The summed E-state index contributed by atoms with van der Waals surface area (Å²) >= 11 is 0. The van der Waals surface area contributed by atoms with Gasteiger partial charge in [0.25, 0.3) is 10.1 Å². The van der Waals surface area contributed by atoms with E-state index in [9.17, 15) is 27.7 Å². The highest BCUT2D eigenvalue weighted by molar-refractivity contribution is 7.88. The number of carbonyl (C=O) groups excluding carboxylic acids is 1. The van der Waals surface area contributed by atoms with Crippen molar-refractivity contribution in [3.63, 3.8) is 0 Å². The molecule has 22 heavy (non-hydrogen) atoms. The second-order valence-electron chi connectivity index (χ2n) is 5.84. The van der Waals surface area contributed by atoms with E-state index in [-0.39, 0.29) is 12.5 Å². The number of rotatable bonds is 11. The Kier molecular flexibility index (Phi) is 8.62. The van der Waals surface area contributed by atoms with Gasteiger partial charge in [0.2, 0.25) is 10.7 Å². The van der Waals surface area contributed by atoms with Crippen molar-refractivity contribution in [1.82, 2.24) is 5.32 Å². The third kappa shape index (κ3) is 6.31. The molecule has 0 radical (unpaired) electrons. The minimum absolute atomic E-state index is 0.245. The van der Waals surface area contributed by atoms with Crippen molar-refractivity contribution >= 4 is 22.0 Å². The summed E-state index contributed by atoms with van der Waals surface area (Å²) in [6.07, 6.45) is 2.74. The van der Waals surface area contributed by atoms with Crippen LogP contribution in [0.15, 0.2) is 0 Å². The summed E-state index contributed by atoms with van der Waals surface area (Å²) in [7, 11) is -4.91. The molecule has 0 saturated heterocycles. The molecule has 0 bridgehead atoms. The molecular weight excluding hydrogens is 310 g/mol. The van der Waals surface area contributed by atoms with Gasteiger partial charge in [-0.15, -0.1) is 0 Å². The predicted octanol–water partition coefficient (Wildman–Crippen LogP) is 1.97. The minimum atomic E-state index is -4.91. The van der Waals surface area contributed by atoms with E-state index in [4.69, 9.17) is 0 Å². The summed E-state index contributed by atoms with van der Waals surface area (Å²) in [4.78, 5) is 23.3. The minimum Gasteiger partial charge on any atom is -0.480 e. The lowest BCUT2D eigenvalue weighted by Gasteiger charge is -2.26. The molecule has 0 fully saturated rings. The topological polar surface area (TPSA) is 121 Å². The molecule has 130 valence electrons. The summed E-state index contributed by atoms with van der Waals surface area (Å²) in [5.74, 6) is -2.40. The number of hydrogen-bond donors (Lipinski definition) is 3. The van der Waals surface area contributed by atoms with Gasteiger partial charge in [-0.2, -0.15) is 8.42 Å². The molecule has 0 heterocycles. The molecule has 1 unspecified atom stereocenters. The molecule has 0 aliphatic heterocycles. The quantitative estimate of drug-likeness (QED) is 0.391. The van der Waals surface area contributed by atoms with E-state index in [0.717, 1.165) is 19.3 Å². The van der Waals surface area contributed by atoms with E-state index >= 15 is 0 Å². The van der Waals surface area contributed by atoms with Crippen LogP contribution in [0.5, 0.6) is 0 Å². The summed E-state index contributed by atoms with van der Waals surface area (Å²) in [5, 5.41) is 11.8. The van der Waals surface area contributed by atoms with Crippen LogP contribution in [0.4, 0.5) is 0 Å². The zero-order valence-corrected chi connectivity index (χ0v) is 14.3. The van der Waals surface area contributed by atoms with Crippen molar-refractivity contribution in [3.05, 3.63) is 0 Å². The van der Waals surface area contributed by atoms with E-state index in [1.54, 1.807) is 13.8 Å². The Balaban J connectivity index is 5.12. The number of carbonyl (C=O) groups is 2. The van der Waals surface area contributed by atoms with E-state index in [2.05, 4.69) is 5.32 Å². The normalized spacial score (nSPS) is 14.6. The average Bonchev–Trinajstić information content (AvgIpc) is 2.34. The molecule has 0 aliphatic rings. The maximum atomic E-state index is 11.8. The lowest BCUT2D eigenvalue weighted by molar-refractivity contribution is -0.142. The highest BCUT2D eigenvalue weighted by Crippen LogP contribution is 2.29. The van der Waals surface area contributed by atoms with Gasteiger partial charge in [-0.3, -0.25) is 14.1 Å². The van der Waals surface area contributed by atoms with Gasteiger partial charge in [0, 0.05) is 6.04 Å². The molecule has 0 aromatic heterocycles. The fourth-order valence-electron chi connectivity index (χ4n) is 2.25. The van der Waals surface area contributed by atoms with Gasteiger partial charge in [0.05, 0.1) is 6.42 Å². The molecule has 0 spiro atoms. The van der Waals surface area contributed by atoms with Crippen molar-refractivity contribution < 1.29 is 27.7 Å². The third-order valence-electron chi connectivity index (χ3n) is 3.46. The molecular formula is C14H27NO6S. The Labute approximate surface area is 132 Å². The summed E-state index contributed by atoms with van der Waals surface area (Å²) in [6.45, 7) is 5.38. The lowest BCUT2D eigenvalue weighted by atomic mass is 9.95. The van der Waals surface area contributed by atoms with E-state index in [1.165, 1.54) is 0 Å². The second-order valence-corrected chi connectivity index (χ2v) is 7.57. The van der Waals surface area contributed by atoms with Crippen molar-refractivity contribution in [2.24, 2.45) is 0 Å². The summed E-state index contributed by atoms with van der Waals surface area (Å²) < 4.78 is 30.2. The smallest absolute Gasteiger partial charge is 0.328 e. The van der Waals surface area contributed by atoms with Gasteiger partial charge >= 0.3 is 5.97 Å². The maximum absolute atomic E-state index is 11.8. The van der Waals surface area contributed by atoms with Crippen molar-refractivity contribution in [2.45, 2.75) is 76.5 Å². The largest absolute Gasteiger partial charge is 0.480 e. The number of unbranched alkanes of at least 4 members (excludes halogenated alkanes) is 4. The molecule has 8 heteroatoms. The van der Waals surface area contributed by atoms with Crippen LogP contribution in [0.1, 0.15) is 65.7 Å². The first-order valence-corrected chi connectivity index (χ1v) is 9.00. The first kappa shape index (κ1) is 20.9. The second kappa shape index (κ2) is 9.09. The van der Waals surface area contributed by atoms with Crippen molar-refractivity contribution in [1.29, 1.82) is 0 Å². The molecule has 1 amide bonds.